The SMILES string of the molecule is COC(=O)C(C)(NCc1cccnc1)C1CC1. The maximum Gasteiger partial charge on any atom is 0.326 e. The van der Waals surface area contributed by atoms with Gasteiger partial charge in [0.05, 0.1) is 7.11 Å². The van der Waals surface area contributed by atoms with E-state index in [-0.39, 0.29) is 5.97 Å². The van der Waals surface area contributed by atoms with Gasteiger partial charge in [-0.2, -0.15) is 0 Å². The van der Waals surface area contributed by atoms with Crippen molar-refractivity contribution in [3.05, 3.63) is 30.1 Å². The molecule has 4 nitrogen and oxygen atoms in total. The van der Waals surface area contributed by atoms with Gasteiger partial charge < -0.3 is 4.74 Å². The number of nitrogens with one attached hydrogen (secondary N) is 1. The van der Waals surface area contributed by atoms with E-state index in [2.05, 4.69) is 10.3 Å². The first-order valence-corrected chi connectivity index (χ1v) is 5.89. The highest BCUT2D eigenvalue weighted by Crippen LogP contribution is 2.40. The molecule has 2 rings (SSSR count). The zero-order chi connectivity index (χ0) is 12.3. The van der Waals surface area contributed by atoms with Crippen molar-refractivity contribution < 1.29 is 9.53 Å². The standard InChI is InChI=1S/C13H18N2O2/c1-13(11-5-6-11,12(16)17-2)15-9-10-4-3-7-14-8-10/h3-4,7-8,11,15H,5-6,9H2,1-2H3. The molecule has 1 aliphatic carbocycles. The highest BCUT2D eigenvalue weighted by Gasteiger charge is 2.47. The van der Waals surface area contributed by atoms with Gasteiger partial charge in [-0.15, -0.1) is 0 Å². The third-order valence-corrected chi connectivity index (χ3v) is 3.39. The molecule has 1 atom stereocenters. The van der Waals surface area contributed by atoms with E-state index in [1.807, 2.05) is 19.1 Å². The molecule has 0 radical (unpaired) electrons. The van der Waals surface area contributed by atoms with Crippen molar-refractivity contribution >= 4 is 5.97 Å². The average molecular weight is 234 g/mol. The summed E-state index contributed by atoms with van der Waals surface area (Å²) in [6.45, 7) is 2.56. The number of aromatic nitrogens is 1. The highest BCUT2D eigenvalue weighted by molar-refractivity contribution is 5.81. The Morgan fingerprint density at radius 1 is 1.65 bits per heavy atom. The molecule has 1 heterocycles. The van der Waals surface area contributed by atoms with E-state index in [4.69, 9.17) is 4.74 Å². The Bertz CT molecular complexity index is 390. The molecule has 0 bridgehead atoms. The predicted octanol–water partition coefficient (Wildman–Crippen LogP) is 1.51. The lowest BCUT2D eigenvalue weighted by molar-refractivity contribution is -0.149. The van der Waals surface area contributed by atoms with Gasteiger partial charge in [0.2, 0.25) is 0 Å². The van der Waals surface area contributed by atoms with E-state index in [9.17, 15) is 4.79 Å². The smallest absolute Gasteiger partial charge is 0.326 e. The maximum absolute atomic E-state index is 11.8. The summed E-state index contributed by atoms with van der Waals surface area (Å²) in [5.41, 5.74) is 0.508. The Balaban J connectivity index is 2.01. The topological polar surface area (TPSA) is 51.2 Å². The number of nitrogens with zero attached hydrogens (tertiary/aromatic N) is 1. The summed E-state index contributed by atoms with van der Waals surface area (Å²) in [6.07, 6.45) is 5.72. The van der Waals surface area contributed by atoms with Crippen LogP contribution >= 0.6 is 0 Å². The molecular weight excluding hydrogens is 216 g/mol. The molecule has 0 amide bonds. The zero-order valence-electron chi connectivity index (χ0n) is 10.3. The van der Waals surface area contributed by atoms with Crippen LogP contribution in [0, 0.1) is 5.92 Å². The number of methoxy groups -OCH3 is 1. The number of hydrogen-bond acceptors (Lipinski definition) is 4. The number of carbonyl (C=O) groups excluding carboxylic acids is 1. The first kappa shape index (κ1) is 12.0. The third-order valence-electron chi connectivity index (χ3n) is 3.39. The second-order valence-corrected chi connectivity index (χ2v) is 4.68. The van der Waals surface area contributed by atoms with Gasteiger partial charge in [0.1, 0.15) is 5.54 Å². The van der Waals surface area contributed by atoms with Crippen LogP contribution in [0.1, 0.15) is 25.3 Å². The van der Waals surface area contributed by atoms with Crippen LogP contribution in [-0.2, 0) is 16.1 Å². The van der Waals surface area contributed by atoms with Gasteiger partial charge in [-0.3, -0.25) is 15.1 Å². The summed E-state index contributed by atoms with van der Waals surface area (Å²) < 4.78 is 4.89. The van der Waals surface area contributed by atoms with Crippen molar-refractivity contribution in [2.45, 2.75) is 31.8 Å². The lowest BCUT2D eigenvalue weighted by Crippen LogP contribution is -2.51. The first-order chi connectivity index (χ1) is 8.16. The van der Waals surface area contributed by atoms with Gasteiger partial charge in [0, 0.05) is 18.9 Å². The van der Waals surface area contributed by atoms with Crippen molar-refractivity contribution in [1.29, 1.82) is 0 Å². The highest BCUT2D eigenvalue weighted by atomic mass is 16.5. The average Bonchev–Trinajstić information content (AvgIpc) is 3.20. The molecule has 0 aliphatic heterocycles. The molecule has 92 valence electrons. The zero-order valence-corrected chi connectivity index (χ0v) is 10.3. The minimum atomic E-state index is -0.565. The van der Waals surface area contributed by atoms with E-state index >= 15 is 0 Å². The van der Waals surface area contributed by atoms with Gasteiger partial charge >= 0.3 is 5.97 Å². The van der Waals surface area contributed by atoms with Crippen molar-refractivity contribution in [1.82, 2.24) is 10.3 Å². The number of pyridine rings is 1. The summed E-state index contributed by atoms with van der Waals surface area (Å²) in [5.74, 6) is 0.218. The second kappa shape index (κ2) is 4.84. The van der Waals surface area contributed by atoms with Crippen LogP contribution in [-0.4, -0.2) is 23.6 Å². The second-order valence-electron chi connectivity index (χ2n) is 4.68. The number of esters is 1. The quantitative estimate of drug-likeness (QED) is 0.785. The summed E-state index contributed by atoms with van der Waals surface area (Å²) in [5, 5.41) is 3.31. The summed E-state index contributed by atoms with van der Waals surface area (Å²) in [6, 6.07) is 3.88. The van der Waals surface area contributed by atoms with Crippen LogP contribution in [0.2, 0.25) is 0 Å². The fourth-order valence-corrected chi connectivity index (χ4v) is 2.04. The van der Waals surface area contributed by atoms with E-state index in [0.29, 0.717) is 12.5 Å². The van der Waals surface area contributed by atoms with E-state index < -0.39 is 5.54 Å². The molecular formula is C13H18N2O2. The molecule has 1 aromatic rings. The fourth-order valence-electron chi connectivity index (χ4n) is 2.04. The van der Waals surface area contributed by atoms with Crippen LogP contribution in [0.25, 0.3) is 0 Å². The minimum Gasteiger partial charge on any atom is -0.468 e. The van der Waals surface area contributed by atoms with Crippen molar-refractivity contribution in [2.75, 3.05) is 7.11 Å². The molecule has 0 spiro atoms. The molecule has 1 aromatic heterocycles. The maximum atomic E-state index is 11.8. The Hall–Kier alpha value is -1.42. The fraction of sp³-hybridized carbons (Fsp3) is 0.538. The van der Waals surface area contributed by atoms with Gasteiger partial charge in [0.15, 0.2) is 0 Å². The first-order valence-electron chi connectivity index (χ1n) is 5.89. The van der Waals surface area contributed by atoms with Gasteiger partial charge in [-0.25, -0.2) is 0 Å². The molecule has 17 heavy (non-hydrogen) atoms. The molecule has 1 aliphatic rings. The number of ether oxygens (including phenoxy) is 1. The van der Waals surface area contributed by atoms with Crippen LogP contribution in [0.5, 0.6) is 0 Å². The van der Waals surface area contributed by atoms with E-state index in [1.54, 1.807) is 12.4 Å². The Kier molecular flexibility index (Phi) is 3.43. The normalized spacial score (nSPS) is 18.5. The van der Waals surface area contributed by atoms with Gasteiger partial charge in [-0.05, 0) is 37.3 Å². The van der Waals surface area contributed by atoms with Crippen LogP contribution < -0.4 is 5.32 Å². The molecule has 1 unspecified atom stereocenters. The predicted molar refractivity (Wildman–Crippen MR) is 64.2 cm³/mol. The van der Waals surface area contributed by atoms with Gasteiger partial charge in [-0.1, -0.05) is 6.07 Å². The monoisotopic (exact) mass is 234 g/mol. The van der Waals surface area contributed by atoms with Crippen molar-refractivity contribution in [3.63, 3.8) is 0 Å². The summed E-state index contributed by atoms with van der Waals surface area (Å²) in [4.78, 5) is 15.9. The molecule has 1 fully saturated rings. The van der Waals surface area contributed by atoms with E-state index in [0.717, 1.165) is 18.4 Å². The van der Waals surface area contributed by atoms with Crippen molar-refractivity contribution in [2.24, 2.45) is 5.92 Å². The Morgan fingerprint density at radius 2 is 2.41 bits per heavy atom. The Morgan fingerprint density at radius 3 is 2.94 bits per heavy atom. The molecule has 0 saturated heterocycles. The third kappa shape index (κ3) is 2.64. The summed E-state index contributed by atoms with van der Waals surface area (Å²) >= 11 is 0. The van der Waals surface area contributed by atoms with E-state index in [1.165, 1.54) is 7.11 Å². The van der Waals surface area contributed by atoms with Crippen LogP contribution in [0.15, 0.2) is 24.5 Å². The molecule has 0 aromatic carbocycles. The van der Waals surface area contributed by atoms with Crippen molar-refractivity contribution in [3.8, 4) is 0 Å². The largest absolute Gasteiger partial charge is 0.468 e. The number of carbonyl (C=O) groups is 1. The number of hydrogen-bond donors (Lipinski definition) is 1. The molecule has 1 saturated carbocycles. The van der Waals surface area contributed by atoms with Crippen LogP contribution in [0.4, 0.5) is 0 Å². The number of rotatable bonds is 5. The lowest BCUT2D eigenvalue weighted by atomic mass is 9.95. The lowest BCUT2D eigenvalue weighted by Gasteiger charge is -2.28. The summed E-state index contributed by atoms with van der Waals surface area (Å²) in [7, 11) is 1.44. The van der Waals surface area contributed by atoms with Crippen LogP contribution in [0.3, 0.4) is 0 Å². The molecule has 4 heteroatoms. The minimum absolute atomic E-state index is 0.177. The van der Waals surface area contributed by atoms with Gasteiger partial charge in [0.25, 0.3) is 0 Å². The molecule has 1 N–H and O–H groups in total. The Labute approximate surface area is 101 Å².